The van der Waals surface area contributed by atoms with E-state index in [1.54, 1.807) is 0 Å². The third-order valence-electron chi connectivity index (χ3n) is 2.69. The maximum atomic E-state index is 7.69. The molecule has 0 bridgehead atoms. The van der Waals surface area contributed by atoms with Crippen LogP contribution in [0.15, 0.2) is 18.2 Å². The molecule has 0 heterocycles. The highest BCUT2D eigenvalue weighted by atomic mass is 32.2. The van der Waals surface area contributed by atoms with Gasteiger partial charge in [0.25, 0.3) is 0 Å². The van der Waals surface area contributed by atoms with E-state index in [-0.39, 0.29) is 5.84 Å². The lowest BCUT2D eigenvalue weighted by Gasteiger charge is -2.15. The zero-order chi connectivity index (χ0) is 14.3. The van der Waals surface area contributed by atoms with Gasteiger partial charge in [0.15, 0.2) is 0 Å². The van der Waals surface area contributed by atoms with Crippen LogP contribution in [0.1, 0.15) is 32.3 Å². The molecule has 0 amide bonds. The van der Waals surface area contributed by atoms with E-state index in [2.05, 4.69) is 18.6 Å². The van der Waals surface area contributed by atoms with Crippen molar-refractivity contribution in [3.8, 4) is 5.75 Å². The molecule has 0 fully saturated rings. The molecule has 0 aliphatic heterocycles. The van der Waals surface area contributed by atoms with Gasteiger partial charge in [-0.05, 0) is 30.9 Å². The fraction of sp³-hybridized carbons (Fsp3) is 0.500. The van der Waals surface area contributed by atoms with Crippen molar-refractivity contribution in [1.29, 1.82) is 5.41 Å². The first-order valence-corrected chi connectivity index (χ1v) is 7.68. The molecule has 0 saturated heterocycles. The lowest BCUT2D eigenvalue weighted by atomic mass is 10.1. The van der Waals surface area contributed by atoms with E-state index >= 15 is 0 Å². The molecule has 0 spiro atoms. The summed E-state index contributed by atoms with van der Waals surface area (Å²) in [5.74, 6) is 1.38. The number of hydrogen-bond acceptors (Lipinski definition) is 4. The third-order valence-corrected chi connectivity index (χ3v) is 3.11. The van der Waals surface area contributed by atoms with Crippen LogP contribution in [0.25, 0.3) is 0 Å². The Morgan fingerprint density at radius 2 is 2.21 bits per heavy atom. The van der Waals surface area contributed by atoms with E-state index in [9.17, 15) is 0 Å². The van der Waals surface area contributed by atoms with Crippen molar-refractivity contribution >= 4 is 23.5 Å². The summed E-state index contributed by atoms with van der Waals surface area (Å²) in [6.07, 6.45) is 4.08. The minimum absolute atomic E-state index is 0.0241. The summed E-state index contributed by atoms with van der Waals surface area (Å²) in [5, 5.41) is 7.69. The average Bonchev–Trinajstić information content (AvgIpc) is 2.34. The molecular formula is C14H23N3OS. The zero-order valence-corrected chi connectivity index (χ0v) is 12.6. The maximum Gasteiger partial charge on any atom is 0.132 e. The van der Waals surface area contributed by atoms with Crippen LogP contribution in [0.5, 0.6) is 5.75 Å². The van der Waals surface area contributed by atoms with Gasteiger partial charge in [-0.3, -0.25) is 5.41 Å². The van der Waals surface area contributed by atoms with Crippen LogP contribution in [0.3, 0.4) is 0 Å². The summed E-state index contributed by atoms with van der Waals surface area (Å²) in [5.41, 5.74) is 7.11. The predicted molar refractivity (Wildman–Crippen MR) is 84.2 cm³/mol. The van der Waals surface area contributed by atoms with Crippen molar-refractivity contribution in [1.82, 2.24) is 0 Å². The van der Waals surface area contributed by atoms with Crippen LogP contribution in [0.4, 0.5) is 5.69 Å². The van der Waals surface area contributed by atoms with Crippen LogP contribution >= 0.6 is 11.9 Å². The lowest BCUT2D eigenvalue weighted by molar-refractivity contribution is 0.297. The fourth-order valence-corrected chi connectivity index (χ4v) is 2.19. The van der Waals surface area contributed by atoms with Gasteiger partial charge in [-0.2, -0.15) is 0 Å². The van der Waals surface area contributed by atoms with Crippen molar-refractivity contribution in [3.05, 3.63) is 23.8 Å². The zero-order valence-electron chi connectivity index (χ0n) is 11.8. The number of hydrogen-bond donors (Lipinski definition) is 3. The molecule has 4 nitrogen and oxygen atoms in total. The van der Waals surface area contributed by atoms with Gasteiger partial charge in [0.1, 0.15) is 11.6 Å². The molecule has 0 aliphatic rings. The molecule has 1 aromatic carbocycles. The van der Waals surface area contributed by atoms with Gasteiger partial charge in [0.05, 0.1) is 17.9 Å². The summed E-state index contributed by atoms with van der Waals surface area (Å²) in [6.45, 7) is 5.05. The van der Waals surface area contributed by atoms with E-state index in [0.29, 0.717) is 23.8 Å². The number of benzene rings is 1. The van der Waals surface area contributed by atoms with Gasteiger partial charge in [0, 0.05) is 6.26 Å². The lowest BCUT2D eigenvalue weighted by Crippen LogP contribution is -2.15. The third kappa shape index (κ3) is 5.03. The van der Waals surface area contributed by atoms with Crippen molar-refractivity contribution in [2.24, 2.45) is 11.7 Å². The molecule has 4 N–H and O–H groups in total. The topological polar surface area (TPSA) is 71.1 Å². The Morgan fingerprint density at radius 3 is 2.79 bits per heavy atom. The standard InChI is InChI=1S/C14H23N3OS/c1-10(2)6-5-9-18-12-8-4-7-11(17-19-3)13(12)14(15)16/h4,7-8,10,17H,5-6,9H2,1-3H3,(H3,15,16). The second-order valence-electron chi connectivity index (χ2n) is 4.78. The summed E-state index contributed by atoms with van der Waals surface area (Å²) < 4.78 is 8.89. The number of nitrogens with one attached hydrogen (secondary N) is 2. The molecule has 0 atom stereocenters. The molecule has 0 saturated carbocycles. The molecule has 0 aliphatic carbocycles. The van der Waals surface area contributed by atoms with E-state index in [4.69, 9.17) is 15.9 Å². The fourth-order valence-electron chi connectivity index (χ4n) is 1.80. The first-order valence-electron chi connectivity index (χ1n) is 6.45. The van der Waals surface area contributed by atoms with Crippen molar-refractivity contribution < 1.29 is 4.74 Å². The summed E-state index contributed by atoms with van der Waals surface area (Å²) in [4.78, 5) is 0. The molecule has 5 heteroatoms. The van der Waals surface area contributed by atoms with Crippen LogP contribution in [-0.4, -0.2) is 18.7 Å². The highest BCUT2D eigenvalue weighted by molar-refractivity contribution is 7.99. The van der Waals surface area contributed by atoms with Crippen LogP contribution < -0.4 is 15.2 Å². The summed E-state index contributed by atoms with van der Waals surface area (Å²) >= 11 is 1.47. The Hall–Kier alpha value is -1.36. The number of amidine groups is 1. The molecule has 1 aromatic rings. The monoisotopic (exact) mass is 281 g/mol. The van der Waals surface area contributed by atoms with E-state index in [1.807, 2.05) is 24.5 Å². The van der Waals surface area contributed by atoms with Gasteiger partial charge >= 0.3 is 0 Å². The van der Waals surface area contributed by atoms with Gasteiger partial charge in [0.2, 0.25) is 0 Å². The van der Waals surface area contributed by atoms with Gasteiger partial charge in [-0.25, -0.2) is 0 Å². The maximum absolute atomic E-state index is 7.69. The van der Waals surface area contributed by atoms with Crippen LogP contribution in [0, 0.1) is 11.3 Å². The highest BCUT2D eigenvalue weighted by Crippen LogP contribution is 2.27. The Balaban J connectivity index is 2.76. The number of rotatable bonds is 8. The smallest absolute Gasteiger partial charge is 0.132 e. The van der Waals surface area contributed by atoms with Gasteiger partial charge < -0.3 is 15.2 Å². The molecule has 0 unspecified atom stereocenters. The Labute approximate surface area is 119 Å². The first-order chi connectivity index (χ1) is 9.06. The van der Waals surface area contributed by atoms with E-state index < -0.39 is 0 Å². The second kappa shape index (κ2) is 7.94. The van der Waals surface area contributed by atoms with E-state index in [1.165, 1.54) is 11.9 Å². The minimum Gasteiger partial charge on any atom is -0.493 e. The van der Waals surface area contributed by atoms with Gasteiger partial charge in [-0.15, -0.1) is 0 Å². The second-order valence-corrected chi connectivity index (χ2v) is 5.40. The normalized spacial score (nSPS) is 10.5. The van der Waals surface area contributed by atoms with Crippen LogP contribution in [0.2, 0.25) is 0 Å². The van der Waals surface area contributed by atoms with Gasteiger partial charge in [-0.1, -0.05) is 31.9 Å². The molecule has 19 heavy (non-hydrogen) atoms. The molecule has 0 radical (unpaired) electrons. The largest absolute Gasteiger partial charge is 0.493 e. The minimum atomic E-state index is 0.0241. The predicted octanol–water partition coefficient (Wildman–Crippen LogP) is 3.48. The summed E-state index contributed by atoms with van der Waals surface area (Å²) in [7, 11) is 0. The molecular weight excluding hydrogens is 258 g/mol. The number of nitrogens with two attached hydrogens (primary N) is 1. The SMILES string of the molecule is CSNc1cccc(OCCCC(C)C)c1C(=N)N. The Morgan fingerprint density at radius 1 is 1.47 bits per heavy atom. The average molecular weight is 281 g/mol. The highest BCUT2D eigenvalue weighted by Gasteiger charge is 2.12. The quantitative estimate of drug-likeness (QED) is 0.295. The Bertz CT molecular complexity index is 421. The Kier molecular flexibility index (Phi) is 6.56. The molecule has 1 rings (SSSR count). The number of anilines is 1. The van der Waals surface area contributed by atoms with Crippen molar-refractivity contribution in [3.63, 3.8) is 0 Å². The summed E-state index contributed by atoms with van der Waals surface area (Å²) in [6, 6.07) is 5.66. The molecule has 0 aromatic heterocycles. The first kappa shape index (κ1) is 15.7. The number of ether oxygens (including phenoxy) is 1. The molecule has 106 valence electrons. The van der Waals surface area contributed by atoms with Crippen molar-refractivity contribution in [2.75, 3.05) is 17.6 Å². The number of nitrogen functional groups attached to an aromatic ring is 1. The van der Waals surface area contributed by atoms with E-state index in [0.717, 1.165) is 18.5 Å². The van der Waals surface area contributed by atoms with Crippen LogP contribution in [-0.2, 0) is 0 Å². The van der Waals surface area contributed by atoms with Crippen molar-refractivity contribution in [2.45, 2.75) is 26.7 Å².